The molecule has 0 bridgehead atoms. The SMILES string of the molecule is [2H]N(C(=O)C([2H])([2H])[2H])C([2H])([2H])Cc1cccc2ccc(OC([2H])([2H])[2H])cc12. The number of carbonyl (C=O) groups excluding carboxylic acids is 1. The van der Waals surface area contributed by atoms with Crippen LogP contribution in [-0.2, 0) is 11.2 Å². The summed E-state index contributed by atoms with van der Waals surface area (Å²) >= 11 is 0. The molecule has 0 saturated heterocycles. The molecule has 0 aliphatic rings. The summed E-state index contributed by atoms with van der Waals surface area (Å²) < 4.78 is 71.1. The zero-order valence-corrected chi connectivity index (χ0v) is 9.43. The van der Waals surface area contributed by atoms with Crippen molar-refractivity contribution in [1.29, 1.82) is 0 Å². The van der Waals surface area contributed by atoms with Gasteiger partial charge in [0.1, 0.15) is 5.75 Å². The van der Waals surface area contributed by atoms with Crippen molar-refractivity contribution in [2.24, 2.45) is 0 Å². The van der Waals surface area contributed by atoms with Crippen molar-refractivity contribution in [2.45, 2.75) is 13.3 Å². The molecule has 3 heteroatoms. The van der Waals surface area contributed by atoms with Gasteiger partial charge in [-0.25, -0.2) is 0 Å². The zero-order chi connectivity index (χ0) is 20.6. The topological polar surface area (TPSA) is 38.3 Å². The summed E-state index contributed by atoms with van der Waals surface area (Å²) in [5, 5.41) is 0.958. The highest BCUT2D eigenvalue weighted by molar-refractivity contribution is 5.87. The minimum atomic E-state index is -3.13. The lowest BCUT2D eigenvalue weighted by atomic mass is 10.0. The van der Waals surface area contributed by atoms with Crippen molar-refractivity contribution in [2.75, 3.05) is 13.5 Å². The Hall–Kier alpha value is -2.03. The molecular formula is C15H17NO2. The minimum Gasteiger partial charge on any atom is -0.497 e. The fourth-order valence-electron chi connectivity index (χ4n) is 1.73. The second kappa shape index (κ2) is 5.54. The molecule has 3 nitrogen and oxygen atoms in total. The molecule has 0 unspecified atom stereocenters. The van der Waals surface area contributed by atoms with Crippen molar-refractivity contribution in [3.05, 3.63) is 42.0 Å². The largest absolute Gasteiger partial charge is 0.497 e. The van der Waals surface area contributed by atoms with Gasteiger partial charge in [-0.15, -0.1) is 0 Å². The summed E-state index contributed by atoms with van der Waals surface area (Å²) in [6, 6.07) is 9.39. The average Bonchev–Trinajstić information content (AvgIpc) is 2.51. The number of fused-ring (bicyclic) bond motifs is 1. The first-order valence-electron chi connectivity index (χ1n) is 9.70. The van der Waals surface area contributed by atoms with Crippen LogP contribution in [0.4, 0.5) is 0 Å². The van der Waals surface area contributed by atoms with Crippen molar-refractivity contribution in [1.82, 2.24) is 5.31 Å². The van der Waals surface area contributed by atoms with Gasteiger partial charge < -0.3 is 10.0 Å². The first-order chi connectivity index (χ1) is 12.2. The Morgan fingerprint density at radius 3 is 3.28 bits per heavy atom. The Morgan fingerprint density at radius 1 is 1.50 bits per heavy atom. The number of ether oxygens (including phenoxy) is 1. The molecule has 0 heterocycles. The Morgan fingerprint density at radius 2 is 2.44 bits per heavy atom. The normalized spacial score (nSPS) is 19.9. The third-order valence-electron chi connectivity index (χ3n) is 2.51. The Kier molecular flexibility index (Phi) is 1.63. The van der Waals surface area contributed by atoms with E-state index in [-0.39, 0.29) is 11.1 Å². The standard InChI is InChI=1S/C15H17NO2/c1-11(17)16-9-8-13-5-3-4-12-6-7-14(18-2)10-15(12)13/h3-7,10H,8-9H2,1-2H3,(H,16,17)/i1D3,2D3,9D2/hD. The molecule has 1 N–H and O–H groups in total. The number of carbonyl (C=O) groups is 1. The van der Waals surface area contributed by atoms with E-state index in [2.05, 4.69) is 0 Å². The van der Waals surface area contributed by atoms with Gasteiger partial charge in [-0.1, -0.05) is 24.3 Å². The van der Waals surface area contributed by atoms with Gasteiger partial charge in [0.05, 0.1) is 11.2 Å². The summed E-state index contributed by atoms with van der Waals surface area (Å²) in [4.78, 5) is 11.7. The number of nitrogens with one attached hydrogen (secondary N) is 1. The summed E-state index contributed by atoms with van der Waals surface area (Å²) in [6.07, 6.45) is -0.465. The number of rotatable bonds is 4. The van der Waals surface area contributed by atoms with E-state index in [0.717, 1.165) is 0 Å². The molecule has 0 aromatic heterocycles. The van der Waals surface area contributed by atoms with Crippen LogP contribution in [0.3, 0.4) is 0 Å². The zero-order valence-electron chi connectivity index (χ0n) is 18.4. The molecular weight excluding hydrogens is 226 g/mol. The van der Waals surface area contributed by atoms with E-state index in [1.165, 1.54) is 12.1 Å². The number of hydrogen-bond acceptors (Lipinski definition) is 2. The van der Waals surface area contributed by atoms with Gasteiger partial charge in [-0.3, -0.25) is 4.79 Å². The molecule has 0 aliphatic carbocycles. The van der Waals surface area contributed by atoms with Crippen molar-refractivity contribution < 1.29 is 21.9 Å². The lowest BCUT2D eigenvalue weighted by Gasteiger charge is -2.08. The number of hydrogen-bond donors (Lipinski definition) is 1. The molecule has 18 heavy (non-hydrogen) atoms. The maximum Gasteiger partial charge on any atom is 0.216 e. The molecule has 0 aliphatic heterocycles. The van der Waals surface area contributed by atoms with E-state index in [1.54, 1.807) is 24.3 Å². The van der Waals surface area contributed by atoms with Gasteiger partial charge >= 0.3 is 0 Å². The van der Waals surface area contributed by atoms with E-state index in [4.69, 9.17) is 17.1 Å². The third kappa shape index (κ3) is 2.80. The van der Waals surface area contributed by atoms with Crippen LogP contribution in [-0.4, -0.2) is 19.4 Å². The minimum absolute atomic E-state index is 0.0526. The van der Waals surface area contributed by atoms with Crippen LogP contribution in [0, 0.1) is 0 Å². The molecule has 0 atom stereocenters. The summed E-state index contributed by atoms with van der Waals surface area (Å²) in [6.45, 7) is -5.73. The molecule has 94 valence electrons. The van der Waals surface area contributed by atoms with Crippen molar-refractivity contribution in [3.8, 4) is 5.75 Å². The van der Waals surface area contributed by atoms with E-state index >= 15 is 0 Å². The molecule has 1 amide bonds. The lowest BCUT2D eigenvalue weighted by Crippen LogP contribution is -2.22. The third-order valence-corrected chi connectivity index (χ3v) is 2.51. The predicted octanol–water partition coefficient (Wildman–Crippen LogP) is 2.53. The van der Waals surface area contributed by atoms with Gasteiger partial charge in [0.25, 0.3) is 0 Å². The highest BCUT2D eigenvalue weighted by Gasteiger charge is 2.03. The summed E-state index contributed by atoms with van der Waals surface area (Å²) in [5.41, 5.74) is 0.365. The van der Waals surface area contributed by atoms with Gasteiger partial charge in [0.2, 0.25) is 5.91 Å². The van der Waals surface area contributed by atoms with Crippen LogP contribution in [0.25, 0.3) is 10.8 Å². The van der Waals surface area contributed by atoms with Crippen molar-refractivity contribution in [3.63, 3.8) is 0 Å². The molecule has 0 saturated carbocycles. The first kappa shape index (κ1) is 5.31. The van der Waals surface area contributed by atoms with Crippen LogP contribution in [0.5, 0.6) is 5.75 Å². The molecule has 0 fully saturated rings. The Bertz CT molecular complexity index is 845. The predicted molar refractivity (Wildman–Crippen MR) is 72.9 cm³/mol. The highest BCUT2D eigenvalue weighted by atomic mass is 16.5. The fraction of sp³-hybridized carbons (Fsp3) is 0.267. The van der Waals surface area contributed by atoms with Crippen LogP contribution in [0.15, 0.2) is 36.4 Å². The Balaban J connectivity index is 2.40. The highest BCUT2D eigenvalue weighted by Crippen LogP contribution is 2.24. The van der Waals surface area contributed by atoms with E-state index in [9.17, 15) is 4.79 Å². The number of aryl methyl sites for hydroxylation is 1. The molecule has 2 aromatic carbocycles. The lowest BCUT2D eigenvalue weighted by molar-refractivity contribution is -0.118. The van der Waals surface area contributed by atoms with Gasteiger partial charge in [0.15, 0.2) is 1.41 Å². The van der Waals surface area contributed by atoms with Gasteiger partial charge in [0, 0.05) is 20.2 Å². The first-order valence-corrected chi connectivity index (χ1v) is 5.25. The average molecular weight is 252 g/mol. The van der Waals surface area contributed by atoms with Crippen LogP contribution >= 0.6 is 0 Å². The summed E-state index contributed by atoms with van der Waals surface area (Å²) in [5.74, 6) is -1.57. The summed E-state index contributed by atoms with van der Waals surface area (Å²) in [7, 11) is -2.65. The van der Waals surface area contributed by atoms with E-state index < -0.39 is 32.7 Å². The molecule has 2 aromatic rings. The fourth-order valence-corrected chi connectivity index (χ4v) is 1.73. The number of methoxy groups -OCH3 is 1. The van der Waals surface area contributed by atoms with Crippen LogP contribution in [0.1, 0.15) is 23.4 Å². The smallest absolute Gasteiger partial charge is 0.216 e. The Labute approximate surface area is 119 Å². The monoisotopic (exact) mass is 252 g/mol. The van der Waals surface area contributed by atoms with Gasteiger partial charge in [-0.05, 0) is 34.9 Å². The maximum atomic E-state index is 11.7. The molecule has 0 spiro atoms. The number of amides is 1. The van der Waals surface area contributed by atoms with Crippen molar-refractivity contribution >= 4 is 16.7 Å². The molecule has 0 radical (unpaired) electrons. The van der Waals surface area contributed by atoms with E-state index in [1.807, 2.05) is 0 Å². The molecule has 2 rings (SSSR count). The maximum absolute atomic E-state index is 11.7. The second-order valence-electron chi connectivity index (χ2n) is 3.65. The number of benzene rings is 2. The van der Waals surface area contributed by atoms with Crippen LogP contribution in [0.2, 0.25) is 1.41 Å². The van der Waals surface area contributed by atoms with Crippen LogP contribution < -0.4 is 10.0 Å². The van der Waals surface area contributed by atoms with E-state index in [0.29, 0.717) is 16.3 Å². The van der Waals surface area contributed by atoms with Gasteiger partial charge in [-0.2, -0.15) is 0 Å². The second-order valence-corrected chi connectivity index (χ2v) is 3.65. The quantitative estimate of drug-likeness (QED) is 0.908.